The maximum atomic E-state index is 16.0. The summed E-state index contributed by atoms with van der Waals surface area (Å²) in [5.41, 5.74) is -1.46. The van der Waals surface area contributed by atoms with Gasteiger partial charge in [-0.3, -0.25) is 4.79 Å². The van der Waals surface area contributed by atoms with Gasteiger partial charge in [0, 0.05) is 23.6 Å². The van der Waals surface area contributed by atoms with E-state index in [1.54, 1.807) is 44.2 Å². The van der Waals surface area contributed by atoms with Crippen LogP contribution in [0.3, 0.4) is 0 Å². The van der Waals surface area contributed by atoms with E-state index >= 15 is 4.39 Å². The minimum Gasteiger partial charge on any atom is -0.488 e. The molecule has 0 aliphatic heterocycles. The van der Waals surface area contributed by atoms with Crippen LogP contribution in [0.1, 0.15) is 40.9 Å². The van der Waals surface area contributed by atoms with E-state index in [0.29, 0.717) is 11.6 Å². The summed E-state index contributed by atoms with van der Waals surface area (Å²) in [4.78, 5) is 13.6. The van der Waals surface area contributed by atoms with Crippen molar-refractivity contribution in [2.45, 2.75) is 44.4 Å². The second kappa shape index (κ2) is 12.8. The average Bonchev–Trinajstić information content (AvgIpc) is 2.94. The minimum absolute atomic E-state index is 0.00320. The zero-order valence-electron chi connectivity index (χ0n) is 22.9. The molecule has 0 aliphatic carbocycles. The summed E-state index contributed by atoms with van der Waals surface area (Å²) in [6.45, 7) is 3.32. The van der Waals surface area contributed by atoms with E-state index in [9.17, 15) is 31.1 Å². The van der Waals surface area contributed by atoms with Crippen LogP contribution < -0.4 is 14.8 Å². The summed E-state index contributed by atoms with van der Waals surface area (Å²) in [7, 11) is 0. The minimum atomic E-state index is -4.90. The second-order valence-corrected chi connectivity index (χ2v) is 9.95. The van der Waals surface area contributed by atoms with Crippen molar-refractivity contribution in [3.05, 3.63) is 131 Å². The highest BCUT2D eigenvalue weighted by Gasteiger charge is 2.45. The largest absolute Gasteiger partial charge is 0.488 e. The van der Waals surface area contributed by atoms with E-state index in [4.69, 9.17) is 4.74 Å². The molecular formula is C32H26F7NO3. The van der Waals surface area contributed by atoms with Crippen LogP contribution in [0.25, 0.3) is 0 Å². The number of amides is 1. The maximum absolute atomic E-state index is 16.0. The number of benzene rings is 4. The Bertz CT molecular complexity index is 1560. The molecule has 0 fully saturated rings. The van der Waals surface area contributed by atoms with Gasteiger partial charge < -0.3 is 14.8 Å². The van der Waals surface area contributed by atoms with Crippen molar-refractivity contribution in [2.24, 2.45) is 0 Å². The molecule has 0 bridgehead atoms. The quantitative estimate of drug-likeness (QED) is 0.176. The molecule has 1 amide bonds. The fraction of sp³-hybridized carbons (Fsp3) is 0.219. The van der Waals surface area contributed by atoms with Gasteiger partial charge in [0.1, 0.15) is 17.4 Å². The number of hydrogen-bond donors (Lipinski definition) is 1. The Morgan fingerprint density at radius 2 is 1.51 bits per heavy atom. The van der Waals surface area contributed by atoms with Crippen LogP contribution in [0.2, 0.25) is 0 Å². The first-order valence-corrected chi connectivity index (χ1v) is 13.0. The van der Waals surface area contributed by atoms with Crippen molar-refractivity contribution < 1.29 is 45.0 Å². The molecule has 226 valence electrons. The van der Waals surface area contributed by atoms with Crippen LogP contribution in [0.4, 0.5) is 30.7 Å². The van der Waals surface area contributed by atoms with Crippen LogP contribution in [-0.2, 0) is 12.0 Å². The van der Waals surface area contributed by atoms with E-state index in [1.165, 1.54) is 24.3 Å². The van der Waals surface area contributed by atoms with Crippen LogP contribution >= 0.6 is 0 Å². The van der Waals surface area contributed by atoms with Gasteiger partial charge in [0.05, 0.1) is 11.6 Å². The first kappa shape index (κ1) is 31.4. The van der Waals surface area contributed by atoms with E-state index in [2.05, 4.69) is 10.1 Å². The van der Waals surface area contributed by atoms with E-state index < -0.39 is 53.3 Å². The van der Waals surface area contributed by atoms with E-state index in [0.717, 1.165) is 30.3 Å². The molecule has 4 rings (SSSR count). The predicted octanol–water partition coefficient (Wildman–Crippen LogP) is 8.04. The molecule has 0 aliphatic rings. The lowest BCUT2D eigenvalue weighted by molar-refractivity contribution is -0.253. The number of alkyl halides is 4. The Hall–Kier alpha value is -4.54. The molecule has 0 saturated carbocycles. The number of nitrogens with one attached hydrogen (secondary N) is 1. The second-order valence-electron chi connectivity index (χ2n) is 9.95. The van der Waals surface area contributed by atoms with Crippen LogP contribution in [0.5, 0.6) is 11.5 Å². The molecule has 11 heteroatoms. The van der Waals surface area contributed by atoms with Crippen molar-refractivity contribution in [2.75, 3.05) is 0 Å². The Labute approximate surface area is 243 Å². The van der Waals surface area contributed by atoms with Gasteiger partial charge >= 0.3 is 12.5 Å². The van der Waals surface area contributed by atoms with Gasteiger partial charge in [0.25, 0.3) is 5.91 Å². The summed E-state index contributed by atoms with van der Waals surface area (Å²) < 4.78 is 107. The summed E-state index contributed by atoms with van der Waals surface area (Å²) in [6, 6.07) is 19.0. The summed E-state index contributed by atoms with van der Waals surface area (Å²) in [5.74, 6) is -4.44. The van der Waals surface area contributed by atoms with Crippen molar-refractivity contribution in [1.82, 2.24) is 5.32 Å². The van der Waals surface area contributed by atoms with Gasteiger partial charge in [-0.15, -0.1) is 0 Å². The first-order chi connectivity index (χ1) is 20.3. The lowest BCUT2D eigenvalue weighted by Gasteiger charge is -2.37. The van der Waals surface area contributed by atoms with Gasteiger partial charge in [-0.25, -0.2) is 13.2 Å². The fourth-order valence-electron chi connectivity index (χ4n) is 4.53. The number of rotatable bonds is 11. The smallest absolute Gasteiger partial charge is 0.461 e. The molecular weight excluding hydrogens is 579 g/mol. The molecule has 4 nitrogen and oxygen atoms in total. The van der Waals surface area contributed by atoms with E-state index in [1.807, 2.05) is 0 Å². The molecule has 1 N–H and O–H groups in total. The van der Waals surface area contributed by atoms with E-state index in [-0.39, 0.29) is 28.9 Å². The van der Waals surface area contributed by atoms with Crippen LogP contribution in [0.15, 0.2) is 91.0 Å². The van der Waals surface area contributed by atoms with Gasteiger partial charge in [0.15, 0.2) is 11.6 Å². The van der Waals surface area contributed by atoms with Crippen molar-refractivity contribution >= 4 is 5.91 Å². The number of carbonyl (C=O) groups excluding carboxylic acids is 1. The Morgan fingerprint density at radius 3 is 2.12 bits per heavy atom. The van der Waals surface area contributed by atoms with Crippen molar-refractivity contribution in [3.8, 4) is 11.5 Å². The molecule has 0 spiro atoms. The zero-order chi connectivity index (χ0) is 31.4. The Balaban J connectivity index is 1.95. The fourth-order valence-corrected chi connectivity index (χ4v) is 4.53. The van der Waals surface area contributed by atoms with Gasteiger partial charge in [0.2, 0.25) is 0 Å². The lowest BCUT2D eigenvalue weighted by atomic mass is 9.77. The van der Waals surface area contributed by atoms with Crippen molar-refractivity contribution in [3.63, 3.8) is 0 Å². The standard InChI is InChI=1S/C32H26F7NO3/c1-19(2)42-28-16-22(10-15-26(28)34)31(18-20-6-4-3-5-7-20,40-29(41)21-8-11-23(33)12-9-21)25-14-13-24(17-27(25)35)43-32(38,39)30(36)37/h3-17,19,30H,18H2,1-2H3,(H,40,41). The normalized spacial score (nSPS) is 13.1. The number of halogens is 7. The van der Waals surface area contributed by atoms with Gasteiger partial charge in [-0.1, -0.05) is 36.4 Å². The van der Waals surface area contributed by atoms with Gasteiger partial charge in [-0.2, -0.15) is 17.6 Å². The molecule has 0 heterocycles. The number of ether oxygens (including phenoxy) is 2. The topological polar surface area (TPSA) is 47.6 Å². The highest BCUT2D eigenvalue weighted by Crippen LogP contribution is 2.39. The average molecular weight is 606 g/mol. The van der Waals surface area contributed by atoms with Crippen LogP contribution in [0, 0.1) is 17.5 Å². The monoisotopic (exact) mass is 605 g/mol. The van der Waals surface area contributed by atoms with Gasteiger partial charge in [-0.05, 0) is 73.5 Å². The number of hydrogen-bond acceptors (Lipinski definition) is 3. The third kappa shape index (κ3) is 7.28. The highest BCUT2D eigenvalue weighted by atomic mass is 19.3. The third-order valence-corrected chi connectivity index (χ3v) is 6.44. The maximum Gasteiger partial charge on any atom is 0.461 e. The van der Waals surface area contributed by atoms with Crippen LogP contribution in [-0.4, -0.2) is 24.5 Å². The highest BCUT2D eigenvalue weighted by molar-refractivity contribution is 5.95. The molecule has 4 aromatic carbocycles. The predicted molar refractivity (Wildman–Crippen MR) is 145 cm³/mol. The SMILES string of the molecule is CC(C)Oc1cc(C(Cc2ccccc2)(NC(=O)c2ccc(F)cc2)c2ccc(OC(F)(F)C(F)F)cc2F)ccc1F. The molecule has 1 unspecified atom stereocenters. The first-order valence-electron chi connectivity index (χ1n) is 13.0. The molecule has 0 aromatic heterocycles. The third-order valence-electron chi connectivity index (χ3n) is 6.44. The number of carbonyl (C=O) groups is 1. The Kier molecular flexibility index (Phi) is 9.32. The molecule has 4 aromatic rings. The summed E-state index contributed by atoms with van der Waals surface area (Å²) in [6.07, 6.45) is -9.70. The zero-order valence-corrected chi connectivity index (χ0v) is 22.9. The Morgan fingerprint density at radius 1 is 0.837 bits per heavy atom. The lowest BCUT2D eigenvalue weighted by Crippen LogP contribution is -2.49. The molecule has 0 saturated heterocycles. The van der Waals surface area contributed by atoms with Crippen molar-refractivity contribution in [1.29, 1.82) is 0 Å². The summed E-state index contributed by atoms with van der Waals surface area (Å²) in [5, 5.41) is 2.79. The summed E-state index contributed by atoms with van der Waals surface area (Å²) >= 11 is 0. The molecule has 43 heavy (non-hydrogen) atoms. The molecule has 0 radical (unpaired) electrons. The molecule has 1 atom stereocenters.